The molecule has 1 aromatic heterocycles. The summed E-state index contributed by atoms with van der Waals surface area (Å²) in [4.78, 5) is 28.0. The van der Waals surface area contributed by atoms with Crippen LogP contribution in [0.25, 0.3) is 22.2 Å². The number of para-hydroxylation sites is 1. The van der Waals surface area contributed by atoms with Gasteiger partial charge < -0.3 is 20.1 Å². The molecule has 0 saturated carbocycles. The first-order valence-corrected chi connectivity index (χ1v) is 13.6. The summed E-state index contributed by atoms with van der Waals surface area (Å²) in [5.74, 6) is -0.0876. The Balaban J connectivity index is 1.58. The van der Waals surface area contributed by atoms with E-state index in [2.05, 4.69) is 15.8 Å². The molecule has 0 radical (unpaired) electrons. The number of nitrogens with zero attached hydrogens (tertiary/aromatic N) is 2. The van der Waals surface area contributed by atoms with E-state index in [9.17, 15) is 22.6 Å². The molecule has 1 amide bonds. The van der Waals surface area contributed by atoms with Crippen molar-refractivity contribution in [2.24, 2.45) is 5.92 Å². The highest BCUT2D eigenvalue weighted by Gasteiger charge is 2.35. The van der Waals surface area contributed by atoms with Crippen molar-refractivity contribution in [1.29, 1.82) is 0 Å². The fourth-order valence-corrected chi connectivity index (χ4v) is 6.08. The molecule has 1 atom stereocenters. The molecule has 11 heteroatoms. The van der Waals surface area contributed by atoms with Gasteiger partial charge in [-0.05, 0) is 31.0 Å². The van der Waals surface area contributed by atoms with E-state index in [0.29, 0.717) is 57.8 Å². The summed E-state index contributed by atoms with van der Waals surface area (Å²) in [7, 11) is -2.93. The Morgan fingerprint density at radius 2 is 1.84 bits per heavy atom. The van der Waals surface area contributed by atoms with Crippen molar-refractivity contribution in [3.63, 3.8) is 0 Å². The zero-order valence-electron chi connectivity index (χ0n) is 20.4. The minimum absolute atomic E-state index is 0.0472. The van der Waals surface area contributed by atoms with Crippen LogP contribution in [0, 0.1) is 5.92 Å². The van der Waals surface area contributed by atoms with Crippen LogP contribution in [-0.2, 0) is 14.9 Å². The third-order valence-corrected chi connectivity index (χ3v) is 8.10. The lowest BCUT2D eigenvalue weighted by Crippen LogP contribution is -2.42. The van der Waals surface area contributed by atoms with Crippen LogP contribution in [-0.4, -0.2) is 50.0 Å². The Morgan fingerprint density at radius 3 is 2.61 bits per heavy atom. The molecule has 10 nitrogen and oxygen atoms in total. The number of ketones is 1. The Kier molecular flexibility index (Phi) is 5.69. The number of carbonyl (C=O) groups is 2. The molecule has 1 saturated heterocycles. The van der Waals surface area contributed by atoms with E-state index in [1.807, 2.05) is 11.0 Å². The van der Waals surface area contributed by atoms with E-state index in [1.54, 1.807) is 37.4 Å². The maximum Gasteiger partial charge on any atom is 0.296 e. The summed E-state index contributed by atoms with van der Waals surface area (Å²) in [6, 6.07) is 14.7. The number of anilines is 3. The van der Waals surface area contributed by atoms with Gasteiger partial charge in [-0.3, -0.25) is 14.1 Å². The summed E-state index contributed by atoms with van der Waals surface area (Å²) in [5.41, 5.74) is 2.96. The van der Waals surface area contributed by atoms with E-state index in [-0.39, 0.29) is 28.2 Å². The lowest BCUT2D eigenvalue weighted by Gasteiger charge is -2.34. The minimum atomic E-state index is -4.54. The molecular formula is C27H24N4O6S. The number of nitrogens with one attached hydrogen (secondary N) is 2. The number of aromatic nitrogens is 1. The molecule has 3 N–H and O–H groups in total. The zero-order valence-corrected chi connectivity index (χ0v) is 21.2. The van der Waals surface area contributed by atoms with Gasteiger partial charge in [0.2, 0.25) is 5.91 Å². The third kappa shape index (κ3) is 3.82. The van der Waals surface area contributed by atoms with Gasteiger partial charge in [-0.1, -0.05) is 41.6 Å². The molecule has 1 fully saturated rings. The minimum Gasteiger partial charge on any atom is -0.369 e. The average Bonchev–Trinajstić information content (AvgIpc) is 3.36. The fraction of sp³-hybridized carbons (Fsp3) is 0.222. The first-order chi connectivity index (χ1) is 18.3. The van der Waals surface area contributed by atoms with E-state index in [4.69, 9.17) is 4.52 Å². The summed E-state index contributed by atoms with van der Waals surface area (Å²) >= 11 is 0. The first-order valence-electron chi connectivity index (χ1n) is 12.2. The topological polar surface area (TPSA) is 142 Å². The molecule has 3 aromatic carbocycles. The van der Waals surface area contributed by atoms with Crippen molar-refractivity contribution < 1.29 is 27.1 Å². The van der Waals surface area contributed by atoms with Gasteiger partial charge in [0.05, 0.1) is 33.9 Å². The van der Waals surface area contributed by atoms with E-state index >= 15 is 0 Å². The lowest BCUT2D eigenvalue weighted by molar-refractivity contribution is -0.124. The second kappa shape index (κ2) is 8.96. The van der Waals surface area contributed by atoms with Crippen LogP contribution in [0.2, 0.25) is 0 Å². The van der Waals surface area contributed by atoms with Gasteiger partial charge in [-0.25, -0.2) is 0 Å². The number of benzene rings is 3. The Labute approximate surface area is 218 Å². The maximum absolute atomic E-state index is 13.8. The van der Waals surface area contributed by atoms with Gasteiger partial charge in [0.1, 0.15) is 10.4 Å². The molecule has 0 bridgehead atoms. The van der Waals surface area contributed by atoms with Crippen LogP contribution in [0.1, 0.15) is 28.8 Å². The van der Waals surface area contributed by atoms with Gasteiger partial charge in [0, 0.05) is 31.3 Å². The first kappa shape index (κ1) is 24.1. The predicted molar refractivity (Wildman–Crippen MR) is 141 cm³/mol. The standard InChI is InChI=1S/C27H24N4O6S/c1-28-27(33)15-7-6-12-31(14-15)20-13-19(29-18-10-4-5-11-21(18)38(34,35)36)22-23-24(20)30-37-26(23)17-9-3-2-8-16(17)25(22)32/h2-5,8-11,13,15,29H,6-7,12,14H2,1H3,(H,28,33)(H,34,35,36)/t15-/m0/s1. The Morgan fingerprint density at radius 1 is 1.11 bits per heavy atom. The van der Waals surface area contributed by atoms with Crippen LogP contribution >= 0.6 is 0 Å². The van der Waals surface area contributed by atoms with Gasteiger partial charge in [0.25, 0.3) is 10.1 Å². The van der Waals surface area contributed by atoms with Gasteiger partial charge >= 0.3 is 0 Å². The Bertz CT molecular complexity index is 1730. The van der Waals surface area contributed by atoms with Crippen LogP contribution in [0.4, 0.5) is 17.1 Å². The highest BCUT2D eigenvalue weighted by atomic mass is 32.2. The predicted octanol–water partition coefficient (Wildman–Crippen LogP) is 3.99. The molecule has 6 rings (SSSR count). The van der Waals surface area contributed by atoms with E-state index in [0.717, 1.165) is 12.8 Å². The van der Waals surface area contributed by atoms with E-state index < -0.39 is 10.1 Å². The van der Waals surface area contributed by atoms with Gasteiger partial charge in [-0.2, -0.15) is 8.42 Å². The number of amides is 1. The van der Waals surface area contributed by atoms with Crippen LogP contribution < -0.4 is 15.5 Å². The van der Waals surface area contributed by atoms with Crippen molar-refractivity contribution >= 4 is 49.8 Å². The van der Waals surface area contributed by atoms with Crippen molar-refractivity contribution in [2.75, 3.05) is 30.4 Å². The summed E-state index contributed by atoms with van der Waals surface area (Å²) in [5, 5.41) is 10.7. The summed E-state index contributed by atoms with van der Waals surface area (Å²) in [6.45, 7) is 1.11. The monoisotopic (exact) mass is 532 g/mol. The molecular weight excluding hydrogens is 508 g/mol. The number of rotatable bonds is 5. The highest BCUT2D eigenvalue weighted by Crippen LogP contribution is 2.47. The molecule has 2 heterocycles. The quantitative estimate of drug-likeness (QED) is 0.286. The zero-order chi connectivity index (χ0) is 26.6. The maximum atomic E-state index is 13.8. The molecule has 2 aliphatic rings. The second-order valence-electron chi connectivity index (χ2n) is 9.42. The average molecular weight is 533 g/mol. The van der Waals surface area contributed by atoms with Crippen LogP contribution in [0.5, 0.6) is 0 Å². The second-order valence-corrected chi connectivity index (χ2v) is 10.8. The molecule has 0 spiro atoms. The van der Waals surface area contributed by atoms with Gasteiger partial charge in [-0.15, -0.1) is 0 Å². The number of hydrogen-bond acceptors (Lipinski definition) is 8. The number of piperidine rings is 1. The van der Waals surface area contributed by atoms with Crippen molar-refractivity contribution in [3.8, 4) is 11.3 Å². The lowest BCUT2D eigenvalue weighted by atomic mass is 9.86. The van der Waals surface area contributed by atoms with Crippen LogP contribution in [0.3, 0.4) is 0 Å². The molecule has 1 aliphatic heterocycles. The molecule has 194 valence electrons. The summed E-state index contributed by atoms with van der Waals surface area (Å²) < 4.78 is 39.8. The number of hydrogen-bond donors (Lipinski definition) is 3. The SMILES string of the molecule is CNC(=O)[C@H]1CCCN(c2cc(Nc3ccccc3S(=O)(=O)O)c3c4c(onc24)-c2ccccc2C3=O)C1. The normalized spacial score (nSPS) is 16.8. The third-order valence-electron chi connectivity index (χ3n) is 7.19. The van der Waals surface area contributed by atoms with E-state index in [1.165, 1.54) is 18.2 Å². The van der Waals surface area contributed by atoms with Crippen molar-refractivity contribution in [1.82, 2.24) is 10.5 Å². The molecule has 38 heavy (non-hydrogen) atoms. The van der Waals surface area contributed by atoms with Crippen LogP contribution in [0.15, 0.2) is 64.0 Å². The smallest absolute Gasteiger partial charge is 0.296 e. The highest BCUT2D eigenvalue weighted by molar-refractivity contribution is 7.86. The Hall–Kier alpha value is -4.22. The molecule has 0 unspecified atom stereocenters. The van der Waals surface area contributed by atoms with Crippen molar-refractivity contribution in [2.45, 2.75) is 17.7 Å². The summed E-state index contributed by atoms with van der Waals surface area (Å²) in [6.07, 6.45) is 1.53. The van der Waals surface area contributed by atoms with Gasteiger partial charge in [0.15, 0.2) is 11.5 Å². The van der Waals surface area contributed by atoms with Crippen molar-refractivity contribution in [3.05, 3.63) is 65.7 Å². The molecule has 1 aliphatic carbocycles. The largest absolute Gasteiger partial charge is 0.369 e. The fourth-order valence-electron chi connectivity index (χ4n) is 5.44. The molecule has 4 aromatic rings. The number of carbonyl (C=O) groups excluding carboxylic acids is 2. The number of fused-ring (bicyclic) bond motifs is 2.